The van der Waals surface area contributed by atoms with E-state index < -0.39 is 0 Å². The minimum absolute atomic E-state index is 0.0257. The molecule has 1 rings (SSSR count). The van der Waals surface area contributed by atoms with E-state index in [4.69, 9.17) is 0 Å². The number of aldehydes is 1. The van der Waals surface area contributed by atoms with Gasteiger partial charge in [-0.1, -0.05) is 68.5 Å². The number of benzene rings is 1. The molecule has 0 heterocycles. The van der Waals surface area contributed by atoms with E-state index in [0.29, 0.717) is 0 Å². The topological polar surface area (TPSA) is 17.1 Å². The molecule has 1 aromatic carbocycles. The van der Waals surface area contributed by atoms with Gasteiger partial charge in [0, 0.05) is 11.8 Å². The first-order valence-electron chi connectivity index (χ1n) is 6.13. The van der Waals surface area contributed by atoms with Crippen molar-refractivity contribution in [2.45, 2.75) is 20.3 Å². The molecule has 1 heteroatoms. The number of carbonyl (C=O) groups is 1. The molecular formula is C16H20O. The van der Waals surface area contributed by atoms with Crippen LogP contribution >= 0.6 is 0 Å². The van der Waals surface area contributed by atoms with E-state index in [1.807, 2.05) is 25.1 Å². The molecule has 90 valence electrons. The predicted molar refractivity (Wildman–Crippen MR) is 73.6 cm³/mol. The molecule has 0 N–H and O–H groups in total. The van der Waals surface area contributed by atoms with Crippen molar-refractivity contribution in [2.75, 3.05) is 0 Å². The van der Waals surface area contributed by atoms with Gasteiger partial charge in [0.1, 0.15) is 6.29 Å². The summed E-state index contributed by atoms with van der Waals surface area (Å²) in [6.07, 6.45) is 10.4. The van der Waals surface area contributed by atoms with Crippen molar-refractivity contribution in [1.82, 2.24) is 0 Å². The minimum atomic E-state index is 0.0257. The van der Waals surface area contributed by atoms with Gasteiger partial charge in [-0.3, -0.25) is 0 Å². The van der Waals surface area contributed by atoms with Crippen LogP contribution < -0.4 is 0 Å². The quantitative estimate of drug-likeness (QED) is 0.529. The van der Waals surface area contributed by atoms with Gasteiger partial charge in [-0.05, 0) is 12.0 Å². The average Bonchev–Trinajstić information content (AvgIpc) is 2.39. The summed E-state index contributed by atoms with van der Waals surface area (Å²) in [5, 5.41) is 0. The van der Waals surface area contributed by atoms with E-state index in [9.17, 15) is 4.79 Å². The van der Waals surface area contributed by atoms with Gasteiger partial charge in [0.05, 0.1) is 0 Å². The molecule has 0 aliphatic rings. The van der Waals surface area contributed by atoms with E-state index in [1.54, 1.807) is 0 Å². The fourth-order valence-corrected chi connectivity index (χ4v) is 1.58. The Morgan fingerprint density at radius 1 is 1.18 bits per heavy atom. The molecule has 0 saturated heterocycles. The van der Waals surface area contributed by atoms with Gasteiger partial charge < -0.3 is 4.79 Å². The first-order chi connectivity index (χ1) is 8.27. The largest absolute Gasteiger partial charge is 0.303 e. The van der Waals surface area contributed by atoms with E-state index in [-0.39, 0.29) is 11.8 Å². The van der Waals surface area contributed by atoms with Crippen LogP contribution in [-0.4, -0.2) is 6.29 Å². The second kappa shape index (κ2) is 7.61. The zero-order valence-electron chi connectivity index (χ0n) is 10.5. The second-order valence-electron chi connectivity index (χ2n) is 4.18. The molecule has 0 radical (unpaired) electrons. The first-order valence-corrected chi connectivity index (χ1v) is 6.13. The Kier molecular flexibility index (Phi) is 6.02. The Bertz CT molecular complexity index is 376. The molecule has 0 aromatic heterocycles. The minimum Gasteiger partial charge on any atom is -0.303 e. The van der Waals surface area contributed by atoms with Gasteiger partial charge >= 0.3 is 0 Å². The lowest BCUT2D eigenvalue weighted by molar-refractivity contribution is -0.111. The van der Waals surface area contributed by atoms with Crippen LogP contribution in [-0.2, 0) is 4.79 Å². The monoisotopic (exact) mass is 228 g/mol. The van der Waals surface area contributed by atoms with Crippen LogP contribution in [0.3, 0.4) is 0 Å². The Balaban J connectivity index is 2.75. The second-order valence-corrected chi connectivity index (χ2v) is 4.18. The predicted octanol–water partition coefficient (Wildman–Crippen LogP) is 4.12. The van der Waals surface area contributed by atoms with Crippen LogP contribution in [0.4, 0.5) is 0 Å². The summed E-state index contributed by atoms with van der Waals surface area (Å²) in [7, 11) is 0. The molecule has 0 bridgehead atoms. The normalized spacial score (nSPS) is 15.2. The van der Waals surface area contributed by atoms with E-state index in [1.165, 1.54) is 5.56 Å². The van der Waals surface area contributed by atoms with Crippen molar-refractivity contribution in [3.05, 3.63) is 54.1 Å². The maximum absolute atomic E-state index is 10.9. The summed E-state index contributed by atoms with van der Waals surface area (Å²) in [5.41, 5.74) is 1.17. The standard InChI is InChI=1S/C16H20O/c1-3-4-10-16(14(2)13-17)12-11-15-8-6-5-7-9-15/h4-14,16H,3H2,1-2H3/b10-4+,12-11+/t14-,16+/m1/s1. The highest BCUT2D eigenvalue weighted by Crippen LogP contribution is 2.15. The molecule has 0 spiro atoms. The Morgan fingerprint density at radius 3 is 2.47 bits per heavy atom. The third-order valence-corrected chi connectivity index (χ3v) is 2.73. The Hall–Kier alpha value is -1.63. The smallest absolute Gasteiger partial charge is 0.123 e. The fourth-order valence-electron chi connectivity index (χ4n) is 1.58. The van der Waals surface area contributed by atoms with Crippen LogP contribution in [0.1, 0.15) is 25.8 Å². The number of allylic oxidation sites excluding steroid dienone is 3. The molecule has 17 heavy (non-hydrogen) atoms. The molecular weight excluding hydrogens is 208 g/mol. The van der Waals surface area contributed by atoms with Gasteiger partial charge in [0.15, 0.2) is 0 Å². The number of hydrogen-bond donors (Lipinski definition) is 0. The zero-order valence-corrected chi connectivity index (χ0v) is 10.5. The SMILES string of the molecule is CC/C=C/[C@@H](/C=C/c1ccccc1)[C@H](C)C=O. The van der Waals surface area contributed by atoms with Gasteiger partial charge in [-0.25, -0.2) is 0 Å². The van der Waals surface area contributed by atoms with Crippen molar-refractivity contribution in [3.8, 4) is 0 Å². The van der Waals surface area contributed by atoms with E-state index in [2.05, 4.69) is 43.4 Å². The van der Waals surface area contributed by atoms with Gasteiger partial charge in [0.2, 0.25) is 0 Å². The van der Waals surface area contributed by atoms with E-state index in [0.717, 1.165) is 12.7 Å². The lowest BCUT2D eigenvalue weighted by Gasteiger charge is -2.10. The molecule has 0 fully saturated rings. The summed E-state index contributed by atoms with van der Waals surface area (Å²) in [4.78, 5) is 10.9. The van der Waals surface area contributed by atoms with Gasteiger partial charge in [-0.2, -0.15) is 0 Å². The first kappa shape index (κ1) is 13.4. The summed E-state index contributed by atoms with van der Waals surface area (Å²) in [6.45, 7) is 4.05. The number of hydrogen-bond acceptors (Lipinski definition) is 1. The molecule has 1 aromatic rings. The highest BCUT2D eigenvalue weighted by molar-refractivity contribution is 5.56. The summed E-state index contributed by atoms with van der Waals surface area (Å²) in [5.74, 6) is 0.213. The van der Waals surface area contributed by atoms with E-state index >= 15 is 0 Å². The molecule has 0 aliphatic carbocycles. The summed E-state index contributed by atoms with van der Waals surface area (Å²) >= 11 is 0. The summed E-state index contributed by atoms with van der Waals surface area (Å²) < 4.78 is 0. The third kappa shape index (κ3) is 4.81. The van der Waals surface area contributed by atoms with Crippen LogP contribution in [0.2, 0.25) is 0 Å². The Morgan fingerprint density at radius 2 is 1.88 bits per heavy atom. The zero-order chi connectivity index (χ0) is 12.5. The third-order valence-electron chi connectivity index (χ3n) is 2.73. The van der Waals surface area contributed by atoms with Crippen molar-refractivity contribution in [1.29, 1.82) is 0 Å². The van der Waals surface area contributed by atoms with Crippen LogP contribution in [0.15, 0.2) is 48.6 Å². The average molecular weight is 228 g/mol. The summed E-state index contributed by atoms with van der Waals surface area (Å²) in [6, 6.07) is 10.1. The van der Waals surface area contributed by atoms with Crippen molar-refractivity contribution in [3.63, 3.8) is 0 Å². The Labute approximate surface area is 104 Å². The number of rotatable bonds is 6. The lowest BCUT2D eigenvalue weighted by atomic mass is 9.93. The highest BCUT2D eigenvalue weighted by atomic mass is 16.1. The van der Waals surface area contributed by atoms with Gasteiger partial charge in [-0.15, -0.1) is 0 Å². The number of carbonyl (C=O) groups excluding carboxylic acids is 1. The molecule has 1 nitrogen and oxygen atoms in total. The molecule has 0 amide bonds. The van der Waals surface area contributed by atoms with Crippen LogP contribution in [0.5, 0.6) is 0 Å². The molecule has 2 atom stereocenters. The molecule has 0 unspecified atom stereocenters. The molecule has 0 aliphatic heterocycles. The van der Waals surface area contributed by atoms with Crippen molar-refractivity contribution >= 4 is 12.4 Å². The molecule has 0 saturated carbocycles. The van der Waals surface area contributed by atoms with Gasteiger partial charge in [0.25, 0.3) is 0 Å². The van der Waals surface area contributed by atoms with Crippen LogP contribution in [0, 0.1) is 11.8 Å². The van der Waals surface area contributed by atoms with Crippen molar-refractivity contribution in [2.24, 2.45) is 11.8 Å². The van der Waals surface area contributed by atoms with Crippen molar-refractivity contribution < 1.29 is 4.79 Å². The maximum Gasteiger partial charge on any atom is 0.123 e. The fraction of sp³-hybridized carbons (Fsp3) is 0.312. The maximum atomic E-state index is 10.9. The lowest BCUT2D eigenvalue weighted by Crippen LogP contribution is -2.07. The highest BCUT2D eigenvalue weighted by Gasteiger charge is 2.09. The van der Waals surface area contributed by atoms with Crippen LogP contribution in [0.25, 0.3) is 6.08 Å².